The zero-order valence-corrected chi connectivity index (χ0v) is 11.8. The van der Waals surface area contributed by atoms with E-state index < -0.39 is 0 Å². The predicted molar refractivity (Wildman–Crippen MR) is 83.3 cm³/mol. The molecule has 0 aliphatic rings. The van der Waals surface area contributed by atoms with Crippen molar-refractivity contribution in [3.63, 3.8) is 0 Å². The summed E-state index contributed by atoms with van der Waals surface area (Å²) in [6, 6.07) is 13.4. The van der Waals surface area contributed by atoms with Crippen molar-refractivity contribution >= 4 is 11.4 Å². The molecule has 0 amide bonds. The van der Waals surface area contributed by atoms with Gasteiger partial charge in [0.1, 0.15) is 0 Å². The molecule has 0 spiro atoms. The second-order valence-electron chi connectivity index (χ2n) is 4.70. The van der Waals surface area contributed by atoms with Crippen molar-refractivity contribution in [3.05, 3.63) is 64.1 Å². The number of nitrogens with zero attached hydrogens (tertiary/aromatic N) is 1. The summed E-state index contributed by atoms with van der Waals surface area (Å²) in [5.41, 5.74) is 6.46. The maximum atomic E-state index is 11.4. The van der Waals surface area contributed by atoms with Crippen LogP contribution in [-0.2, 0) is 0 Å². The standard InChI is InChI=1S/C16H19N3O/c1-3-7-15(13-8-5-4-6-9-13)19-18-14-10-12(2)17-16(20)11-14/h4-6,8-11H,3,7H2,1-2H3,(H2,17,18,20). The third kappa shape index (κ3) is 3.82. The quantitative estimate of drug-likeness (QED) is 0.646. The van der Waals surface area contributed by atoms with E-state index in [1.54, 1.807) is 0 Å². The maximum absolute atomic E-state index is 11.4. The predicted octanol–water partition coefficient (Wildman–Crippen LogP) is 3.30. The molecule has 4 heteroatoms. The van der Waals surface area contributed by atoms with Crippen molar-refractivity contribution in [1.82, 2.24) is 4.98 Å². The van der Waals surface area contributed by atoms with Gasteiger partial charge in [-0.2, -0.15) is 5.10 Å². The first-order chi connectivity index (χ1) is 9.69. The molecule has 0 fully saturated rings. The van der Waals surface area contributed by atoms with E-state index in [0.717, 1.165) is 29.8 Å². The minimum atomic E-state index is -0.126. The SMILES string of the molecule is CCCC(=NNc1cc(C)[nH]c(=O)c1)c1ccccc1. The molecule has 1 aromatic carbocycles. The second kappa shape index (κ2) is 6.70. The third-order valence-electron chi connectivity index (χ3n) is 2.89. The molecule has 2 aromatic rings. The molecule has 0 aliphatic heterocycles. The Morgan fingerprint density at radius 1 is 1.25 bits per heavy atom. The highest BCUT2D eigenvalue weighted by atomic mass is 16.1. The first kappa shape index (κ1) is 14.1. The van der Waals surface area contributed by atoms with Crippen LogP contribution in [0.1, 0.15) is 31.0 Å². The van der Waals surface area contributed by atoms with Gasteiger partial charge >= 0.3 is 0 Å². The van der Waals surface area contributed by atoms with E-state index in [9.17, 15) is 4.79 Å². The van der Waals surface area contributed by atoms with Gasteiger partial charge in [0.25, 0.3) is 0 Å². The average molecular weight is 269 g/mol. The number of hydrogen-bond donors (Lipinski definition) is 2. The topological polar surface area (TPSA) is 57.2 Å². The summed E-state index contributed by atoms with van der Waals surface area (Å²) >= 11 is 0. The molecule has 0 saturated heterocycles. The molecule has 4 nitrogen and oxygen atoms in total. The lowest BCUT2D eigenvalue weighted by Crippen LogP contribution is -2.09. The summed E-state index contributed by atoms with van der Waals surface area (Å²) in [7, 11) is 0. The van der Waals surface area contributed by atoms with Crippen LogP contribution in [0.2, 0.25) is 0 Å². The highest BCUT2D eigenvalue weighted by molar-refractivity contribution is 6.00. The summed E-state index contributed by atoms with van der Waals surface area (Å²) in [5.74, 6) is 0. The lowest BCUT2D eigenvalue weighted by Gasteiger charge is -2.07. The average Bonchev–Trinajstić information content (AvgIpc) is 2.43. The minimum Gasteiger partial charge on any atom is -0.326 e. The largest absolute Gasteiger partial charge is 0.326 e. The molecule has 20 heavy (non-hydrogen) atoms. The van der Waals surface area contributed by atoms with Crippen LogP contribution in [0, 0.1) is 6.92 Å². The number of hydrazone groups is 1. The number of hydrogen-bond acceptors (Lipinski definition) is 3. The first-order valence-corrected chi connectivity index (χ1v) is 6.78. The highest BCUT2D eigenvalue weighted by Crippen LogP contribution is 2.09. The van der Waals surface area contributed by atoms with Crippen LogP contribution in [0.4, 0.5) is 5.69 Å². The van der Waals surface area contributed by atoms with Gasteiger partial charge in [-0.25, -0.2) is 0 Å². The van der Waals surface area contributed by atoms with Gasteiger partial charge in [-0.3, -0.25) is 10.2 Å². The number of H-pyrrole nitrogens is 1. The van der Waals surface area contributed by atoms with Crippen LogP contribution in [0.3, 0.4) is 0 Å². The van der Waals surface area contributed by atoms with Crippen molar-refractivity contribution < 1.29 is 0 Å². The summed E-state index contributed by atoms with van der Waals surface area (Å²) in [4.78, 5) is 14.1. The van der Waals surface area contributed by atoms with Crippen molar-refractivity contribution in [2.24, 2.45) is 5.10 Å². The second-order valence-corrected chi connectivity index (χ2v) is 4.70. The van der Waals surface area contributed by atoms with E-state index in [4.69, 9.17) is 0 Å². The number of aryl methyl sites for hydroxylation is 1. The lowest BCUT2D eigenvalue weighted by atomic mass is 10.1. The number of aromatic amines is 1. The maximum Gasteiger partial charge on any atom is 0.250 e. The first-order valence-electron chi connectivity index (χ1n) is 6.78. The van der Waals surface area contributed by atoms with Crippen LogP contribution in [0.25, 0.3) is 0 Å². The zero-order chi connectivity index (χ0) is 14.4. The Morgan fingerprint density at radius 2 is 2.00 bits per heavy atom. The lowest BCUT2D eigenvalue weighted by molar-refractivity contribution is 0.987. The van der Waals surface area contributed by atoms with Crippen LogP contribution in [0.15, 0.2) is 52.4 Å². The molecule has 1 heterocycles. The fourth-order valence-corrected chi connectivity index (χ4v) is 2.01. The van der Waals surface area contributed by atoms with E-state index in [0.29, 0.717) is 5.69 Å². The van der Waals surface area contributed by atoms with Gasteiger partial charge in [0.15, 0.2) is 0 Å². The molecular formula is C16H19N3O. The molecule has 104 valence electrons. The number of nitrogens with one attached hydrogen (secondary N) is 2. The number of anilines is 1. The summed E-state index contributed by atoms with van der Waals surface area (Å²) < 4.78 is 0. The minimum absolute atomic E-state index is 0.126. The smallest absolute Gasteiger partial charge is 0.250 e. The Bertz CT molecular complexity index is 644. The van der Waals surface area contributed by atoms with Gasteiger partial charge in [-0.15, -0.1) is 0 Å². The monoisotopic (exact) mass is 269 g/mol. The van der Waals surface area contributed by atoms with Crippen LogP contribution >= 0.6 is 0 Å². The molecule has 0 bridgehead atoms. The fourth-order valence-electron chi connectivity index (χ4n) is 2.01. The fraction of sp³-hybridized carbons (Fsp3) is 0.250. The summed E-state index contributed by atoms with van der Waals surface area (Å²) in [6.45, 7) is 3.97. The molecule has 0 unspecified atom stereocenters. The number of aromatic nitrogens is 1. The van der Waals surface area contributed by atoms with Crippen molar-refractivity contribution in [2.75, 3.05) is 5.43 Å². The molecular weight excluding hydrogens is 250 g/mol. The van der Waals surface area contributed by atoms with E-state index in [1.165, 1.54) is 6.07 Å². The van der Waals surface area contributed by atoms with Crippen molar-refractivity contribution in [2.45, 2.75) is 26.7 Å². The Hall–Kier alpha value is -2.36. The Kier molecular flexibility index (Phi) is 4.71. The van der Waals surface area contributed by atoms with Crippen LogP contribution < -0.4 is 11.0 Å². The van der Waals surface area contributed by atoms with Gasteiger partial charge in [0.05, 0.1) is 11.4 Å². The Labute approximate surface area is 118 Å². The molecule has 2 N–H and O–H groups in total. The number of rotatable bonds is 5. The van der Waals surface area contributed by atoms with Crippen LogP contribution in [-0.4, -0.2) is 10.7 Å². The van der Waals surface area contributed by atoms with Gasteiger partial charge in [-0.05, 0) is 25.0 Å². The molecule has 1 aromatic heterocycles. The van der Waals surface area contributed by atoms with E-state index in [2.05, 4.69) is 22.4 Å². The molecule has 0 radical (unpaired) electrons. The Morgan fingerprint density at radius 3 is 2.65 bits per heavy atom. The summed E-state index contributed by atoms with van der Waals surface area (Å²) in [5, 5.41) is 4.45. The molecule has 0 atom stereocenters. The molecule has 0 saturated carbocycles. The van der Waals surface area contributed by atoms with Gasteiger partial charge in [0.2, 0.25) is 5.56 Å². The van der Waals surface area contributed by atoms with Gasteiger partial charge in [-0.1, -0.05) is 43.7 Å². The van der Waals surface area contributed by atoms with E-state index >= 15 is 0 Å². The molecule has 2 rings (SSSR count). The third-order valence-corrected chi connectivity index (χ3v) is 2.89. The number of pyridine rings is 1. The zero-order valence-electron chi connectivity index (χ0n) is 11.8. The number of benzene rings is 1. The normalized spacial score (nSPS) is 11.4. The Balaban J connectivity index is 2.23. The van der Waals surface area contributed by atoms with Crippen LogP contribution in [0.5, 0.6) is 0 Å². The van der Waals surface area contributed by atoms with Crippen molar-refractivity contribution in [1.29, 1.82) is 0 Å². The highest BCUT2D eigenvalue weighted by Gasteiger charge is 2.02. The molecule has 0 aliphatic carbocycles. The van der Waals surface area contributed by atoms with E-state index in [-0.39, 0.29) is 5.56 Å². The van der Waals surface area contributed by atoms with E-state index in [1.807, 2.05) is 43.3 Å². The summed E-state index contributed by atoms with van der Waals surface area (Å²) in [6.07, 6.45) is 1.91. The van der Waals surface area contributed by atoms with Crippen molar-refractivity contribution in [3.8, 4) is 0 Å². The van der Waals surface area contributed by atoms with Gasteiger partial charge in [0, 0.05) is 11.8 Å². The van der Waals surface area contributed by atoms with Gasteiger partial charge < -0.3 is 4.98 Å².